The van der Waals surface area contributed by atoms with Gasteiger partial charge in [0.2, 0.25) is 5.91 Å². The molecule has 0 aliphatic carbocycles. The molecule has 18 heavy (non-hydrogen) atoms. The lowest BCUT2D eigenvalue weighted by Gasteiger charge is -2.34. The van der Waals surface area contributed by atoms with Gasteiger partial charge in [-0.15, -0.1) is 5.10 Å². The summed E-state index contributed by atoms with van der Waals surface area (Å²) in [7, 11) is 0. The topological polar surface area (TPSA) is 107 Å². The molecule has 1 unspecified atom stereocenters. The van der Waals surface area contributed by atoms with Crippen molar-refractivity contribution in [2.45, 2.75) is 6.04 Å². The number of aromatic nitrogens is 2. The number of carbonyl (C=O) groups is 1. The number of ether oxygens (including phenoxy) is 1. The van der Waals surface area contributed by atoms with Crippen molar-refractivity contribution in [3.63, 3.8) is 0 Å². The Morgan fingerprint density at radius 3 is 3.00 bits per heavy atom. The highest BCUT2D eigenvalue weighted by Crippen LogP contribution is 2.20. The fourth-order valence-corrected chi connectivity index (χ4v) is 1.98. The number of hydrogen-bond donors (Lipinski definition) is 2. The number of anilines is 1. The number of hydrogen-bond acceptors (Lipinski definition) is 6. The Kier molecular flexibility index (Phi) is 3.68. The maximum absolute atomic E-state index is 11.4. The quantitative estimate of drug-likeness (QED) is 0.662. The van der Waals surface area contributed by atoms with Gasteiger partial charge in [-0.2, -0.15) is 5.10 Å². The molecular formula is C10H13N5O2S. The summed E-state index contributed by atoms with van der Waals surface area (Å²) in [5, 5.41) is 7.80. The van der Waals surface area contributed by atoms with Crippen LogP contribution in [0.5, 0.6) is 0 Å². The SMILES string of the molecule is NC(=O)C1COCCN1c1nnccc1C(N)=S. The minimum Gasteiger partial charge on any atom is -0.389 e. The van der Waals surface area contributed by atoms with Crippen molar-refractivity contribution in [1.29, 1.82) is 0 Å². The first-order valence-electron chi connectivity index (χ1n) is 5.36. The summed E-state index contributed by atoms with van der Waals surface area (Å²) in [4.78, 5) is 13.3. The second-order valence-corrected chi connectivity index (χ2v) is 4.26. The predicted molar refractivity (Wildman–Crippen MR) is 69.1 cm³/mol. The predicted octanol–water partition coefficient (Wildman–Crippen LogP) is -1.20. The zero-order valence-electron chi connectivity index (χ0n) is 9.57. The fourth-order valence-electron chi connectivity index (χ4n) is 1.82. The third-order valence-corrected chi connectivity index (χ3v) is 2.92. The van der Waals surface area contributed by atoms with Crippen molar-refractivity contribution in [2.24, 2.45) is 11.5 Å². The molecule has 96 valence electrons. The monoisotopic (exact) mass is 267 g/mol. The van der Waals surface area contributed by atoms with Gasteiger partial charge in [-0.1, -0.05) is 12.2 Å². The molecule has 1 atom stereocenters. The zero-order valence-corrected chi connectivity index (χ0v) is 10.4. The molecule has 1 saturated heterocycles. The summed E-state index contributed by atoms with van der Waals surface area (Å²) in [5.41, 5.74) is 11.6. The number of morpholine rings is 1. The number of nitrogens with zero attached hydrogens (tertiary/aromatic N) is 3. The Morgan fingerprint density at radius 1 is 1.56 bits per heavy atom. The first-order valence-corrected chi connectivity index (χ1v) is 5.77. The molecule has 8 heteroatoms. The molecular weight excluding hydrogens is 254 g/mol. The molecule has 1 amide bonds. The number of amides is 1. The minimum atomic E-state index is -0.580. The molecule has 1 fully saturated rings. The average Bonchev–Trinajstić information content (AvgIpc) is 2.38. The van der Waals surface area contributed by atoms with Gasteiger partial charge in [0.1, 0.15) is 11.0 Å². The molecule has 7 nitrogen and oxygen atoms in total. The molecule has 1 aromatic heterocycles. The van der Waals surface area contributed by atoms with Gasteiger partial charge in [0, 0.05) is 6.54 Å². The van der Waals surface area contributed by atoms with Crippen molar-refractivity contribution in [3.05, 3.63) is 17.8 Å². The number of primary amides is 1. The third kappa shape index (κ3) is 2.39. The lowest BCUT2D eigenvalue weighted by Crippen LogP contribution is -2.53. The van der Waals surface area contributed by atoms with Gasteiger partial charge in [0.15, 0.2) is 5.82 Å². The number of carbonyl (C=O) groups excluding carboxylic acids is 1. The van der Waals surface area contributed by atoms with Gasteiger partial charge >= 0.3 is 0 Å². The van der Waals surface area contributed by atoms with Crippen molar-refractivity contribution in [2.75, 3.05) is 24.7 Å². The van der Waals surface area contributed by atoms with E-state index in [1.54, 1.807) is 11.0 Å². The molecule has 1 aliphatic rings. The fraction of sp³-hybridized carbons (Fsp3) is 0.400. The lowest BCUT2D eigenvalue weighted by molar-refractivity contribution is -0.121. The second-order valence-electron chi connectivity index (χ2n) is 3.82. The molecule has 1 aliphatic heterocycles. The van der Waals surface area contributed by atoms with Crippen LogP contribution in [0, 0.1) is 0 Å². The van der Waals surface area contributed by atoms with Crippen molar-refractivity contribution < 1.29 is 9.53 Å². The average molecular weight is 267 g/mol. The second kappa shape index (κ2) is 5.23. The third-order valence-electron chi connectivity index (χ3n) is 2.70. The Labute approximate surface area is 109 Å². The first kappa shape index (κ1) is 12.7. The van der Waals surface area contributed by atoms with E-state index in [1.165, 1.54) is 6.20 Å². The van der Waals surface area contributed by atoms with E-state index in [1.807, 2.05) is 0 Å². The summed E-state index contributed by atoms with van der Waals surface area (Å²) in [6, 6.07) is 1.08. The molecule has 2 heterocycles. The van der Waals surface area contributed by atoms with Gasteiger partial charge in [-0.05, 0) is 6.07 Å². The van der Waals surface area contributed by atoms with Crippen LogP contribution >= 0.6 is 12.2 Å². The highest BCUT2D eigenvalue weighted by molar-refractivity contribution is 7.80. The van der Waals surface area contributed by atoms with E-state index < -0.39 is 11.9 Å². The van der Waals surface area contributed by atoms with E-state index in [0.29, 0.717) is 24.5 Å². The summed E-state index contributed by atoms with van der Waals surface area (Å²) < 4.78 is 5.24. The largest absolute Gasteiger partial charge is 0.389 e. The summed E-state index contributed by atoms with van der Waals surface area (Å²) in [5.74, 6) is -0.00802. The van der Waals surface area contributed by atoms with E-state index in [2.05, 4.69) is 10.2 Å². The highest BCUT2D eigenvalue weighted by Gasteiger charge is 2.30. The van der Waals surface area contributed by atoms with Crippen LogP contribution in [0.1, 0.15) is 5.56 Å². The maximum Gasteiger partial charge on any atom is 0.242 e. The zero-order chi connectivity index (χ0) is 13.1. The van der Waals surface area contributed by atoms with Crippen molar-refractivity contribution in [1.82, 2.24) is 10.2 Å². The Bertz CT molecular complexity index is 481. The summed E-state index contributed by atoms with van der Waals surface area (Å²) >= 11 is 4.96. The molecule has 2 rings (SSSR count). The number of nitrogens with two attached hydrogens (primary N) is 2. The van der Waals surface area contributed by atoms with E-state index in [9.17, 15) is 4.79 Å². The molecule has 0 radical (unpaired) electrons. The van der Waals surface area contributed by atoms with E-state index in [4.69, 9.17) is 28.4 Å². The first-order chi connectivity index (χ1) is 8.61. The number of thiocarbonyl (C=S) groups is 1. The van der Waals surface area contributed by atoms with Crippen LogP contribution in [0.25, 0.3) is 0 Å². The van der Waals surface area contributed by atoms with Gasteiger partial charge in [0.05, 0.1) is 25.0 Å². The van der Waals surface area contributed by atoms with Crippen LogP contribution in [0.2, 0.25) is 0 Å². The van der Waals surface area contributed by atoms with Crippen LogP contribution in [0.4, 0.5) is 5.82 Å². The minimum absolute atomic E-state index is 0.203. The Hall–Kier alpha value is -1.80. The Morgan fingerprint density at radius 2 is 2.33 bits per heavy atom. The lowest BCUT2D eigenvalue weighted by atomic mass is 10.1. The molecule has 4 N–H and O–H groups in total. The molecule has 1 aromatic rings. The van der Waals surface area contributed by atoms with Crippen LogP contribution in [0.3, 0.4) is 0 Å². The van der Waals surface area contributed by atoms with E-state index >= 15 is 0 Å². The standard InChI is InChI=1S/C10H13N5O2S/c11-8(16)7-5-17-4-3-15(7)10-6(9(12)18)1-2-13-14-10/h1-2,7H,3-5H2,(H2,11,16)(H2,12,18). The van der Waals surface area contributed by atoms with Crippen LogP contribution in [0.15, 0.2) is 12.3 Å². The molecule has 0 aromatic carbocycles. The van der Waals surface area contributed by atoms with Crippen LogP contribution in [-0.4, -0.2) is 46.9 Å². The van der Waals surface area contributed by atoms with Crippen LogP contribution < -0.4 is 16.4 Å². The van der Waals surface area contributed by atoms with Crippen molar-refractivity contribution >= 4 is 28.9 Å². The summed E-state index contributed by atoms with van der Waals surface area (Å²) in [6.07, 6.45) is 1.50. The molecule has 0 saturated carbocycles. The highest BCUT2D eigenvalue weighted by atomic mass is 32.1. The smallest absolute Gasteiger partial charge is 0.242 e. The Balaban J connectivity index is 2.39. The van der Waals surface area contributed by atoms with Crippen molar-refractivity contribution in [3.8, 4) is 0 Å². The van der Waals surface area contributed by atoms with Gasteiger partial charge in [-0.3, -0.25) is 4.79 Å². The van der Waals surface area contributed by atoms with Gasteiger partial charge in [-0.25, -0.2) is 0 Å². The van der Waals surface area contributed by atoms with Crippen LogP contribution in [-0.2, 0) is 9.53 Å². The summed E-state index contributed by atoms with van der Waals surface area (Å²) in [6.45, 7) is 1.20. The van der Waals surface area contributed by atoms with E-state index in [0.717, 1.165) is 0 Å². The molecule has 0 spiro atoms. The van der Waals surface area contributed by atoms with Gasteiger partial charge in [0.25, 0.3) is 0 Å². The maximum atomic E-state index is 11.4. The number of rotatable bonds is 3. The van der Waals surface area contributed by atoms with E-state index in [-0.39, 0.29) is 11.6 Å². The van der Waals surface area contributed by atoms with Gasteiger partial charge < -0.3 is 21.1 Å². The normalized spacial score (nSPS) is 19.6. The molecule has 0 bridgehead atoms.